The van der Waals surface area contributed by atoms with Gasteiger partial charge < -0.3 is 15.5 Å². The number of carbonyl (C=O) groups excluding carboxylic acids is 1. The van der Waals surface area contributed by atoms with Gasteiger partial charge in [-0.2, -0.15) is 5.10 Å². The Labute approximate surface area is 114 Å². The summed E-state index contributed by atoms with van der Waals surface area (Å²) in [7, 11) is 0. The summed E-state index contributed by atoms with van der Waals surface area (Å²) in [5.41, 5.74) is 0.891. The van der Waals surface area contributed by atoms with Gasteiger partial charge in [0.2, 0.25) is 0 Å². The van der Waals surface area contributed by atoms with Crippen molar-refractivity contribution in [3.63, 3.8) is 0 Å². The number of amides is 1. The number of hydrogen-bond donors (Lipinski definition) is 4. The minimum Gasteiger partial charge on any atom is -0.508 e. The Morgan fingerprint density at radius 2 is 1.95 bits per heavy atom. The van der Waals surface area contributed by atoms with Gasteiger partial charge in [-0.1, -0.05) is 12.1 Å². The van der Waals surface area contributed by atoms with Crippen molar-refractivity contribution < 1.29 is 19.8 Å². The molecule has 4 N–H and O–H groups in total. The van der Waals surface area contributed by atoms with E-state index in [2.05, 4.69) is 15.5 Å². The molecule has 0 saturated heterocycles. The molecule has 1 aromatic heterocycles. The van der Waals surface area contributed by atoms with Gasteiger partial charge in [-0.05, 0) is 23.8 Å². The highest BCUT2D eigenvalue weighted by molar-refractivity contribution is 5.94. The Kier molecular flexibility index (Phi) is 3.99. The van der Waals surface area contributed by atoms with Crippen molar-refractivity contribution >= 4 is 11.9 Å². The molecule has 1 amide bonds. The lowest BCUT2D eigenvalue weighted by Gasteiger charge is -2.14. The van der Waals surface area contributed by atoms with E-state index in [1.54, 1.807) is 12.1 Å². The predicted molar refractivity (Wildman–Crippen MR) is 69.3 cm³/mol. The first kappa shape index (κ1) is 13.6. The third kappa shape index (κ3) is 3.35. The Morgan fingerprint density at radius 3 is 2.50 bits per heavy atom. The van der Waals surface area contributed by atoms with E-state index in [1.807, 2.05) is 0 Å². The van der Waals surface area contributed by atoms with E-state index in [-0.39, 0.29) is 17.9 Å². The maximum atomic E-state index is 11.8. The zero-order valence-corrected chi connectivity index (χ0v) is 10.4. The van der Waals surface area contributed by atoms with E-state index < -0.39 is 17.9 Å². The molecular formula is C13H13N3O4. The number of carboxylic acids is 1. The largest absolute Gasteiger partial charge is 0.508 e. The summed E-state index contributed by atoms with van der Waals surface area (Å²) < 4.78 is 0. The number of nitrogens with zero attached hydrogens (tertiary/aromatic N) is 1. The molecule has 2 aromatic rings. The Morgan fingerprint density at radius 1 is 1.25 bits per heavy atom. The van der Waals surface area contributed by atoms with Gasteiger partial charge in [0.15, 0.2) is 0 Å². The van der Waals surface area contributed by atoms with Gasteiger partial charge in [-0.3, -0.25) is 9.89 Å². The summed E-state index contributed by atoms with van der Waals surface area (Å²) in [4.78, 5) is 23.0. The average molecular weight is 275 g/mol. The van der Waals surface area contributed by atoms with E-state index in [0.29, 0.717) is 5.56 Å². The summed E-state index contributed by atoms with van der Waals surface area (Å²) in [6.45, 7) is 0. The van der Waals surface area contributed by atoms with Crippen LogP contribution in [0.5, 0.6) is 5.75 Å². The van der Waals surface area contributed by atoms with Gasteiger partial charge in [0, 0.05) is 12.6 Å². The Balaban J connectivity index is 2.06. The molecule has 104 valence electrons. The first-order valence-corrected chi connectivity index (χ1v) is 5.87. The molecule has 7 nitrogen and oxygen atoms in total. The number of carboxylic acid groups (broad SMARTS) is 1. The molecule has 7 heteroatoms. The number of rotatable bonds is 5. The molecule has 0 aliphatic rings. The number of nitrogens with one attached hydrogen (secondary N) is 2. The van der Waals surface area contributed by atoms with E-state index in [1.165, 1.54) is 24.4 Å². The van der Waals surface area contributed by atoms with Gasteiger partial charge in [0.05, 0.1) is 0 Å². The van der Waals surface area contributed by atoms with Crippen LogP contribution in [0.2, 0.25) is 0 Å². The molecule has 20 heavy (non-hydrogen) atoms. The second-order valence-corrected chi connectivity index (χ2v) is 4.21. The van der Waals surface area contributed by atoms with Gasteiger partial charge in [-0.15, -0.1) is 0 Å². The van der Waals surface area contributed by atoms with Gasteiger partial charge in [0.25, 0.3) is 5.91 Å². The van der Waals surface area contributed by atoms with E-state index in [9.17, 15) is 14.7 Å². The van der Waals surface area contributed by atoms with E-state index >= 15 is 0 Å². The molecule has 1 heterocycles. The number of carbonyl (C=O) groups is 2. The molecule has 0 fully saturated rings. The number of hydrogen-bond acceptors (Lipinski definition) is 4. The lowest BCUT2D eigenvalue weighted by Crippen LogP contribution is -2.42. The number of phenols is 1. The third-order valence-electron chi connectivity index (χ3n) is 2.72. The SMILES string of the molecule is O=C(N[C@H](Cc1ccc(O)cc1)C(=O)O)c1ccn[nH]1. The molecule has 0 radical (unpaired) electrons. The summed E-state index contributed by atoms with van der Waals surface area (Å²) >= 11 is 0. The Hall–Kier alpha value is -2.83. The fraction of sp³-hybridized carbons (Fsp3) is 0.154. The number of aromatic amines is 1. The van der Waals surface area contributed by atoms with Crippen LogP contribution in [0.25, 0.3) is 0 Å². The molecule has 1 atom stereocenters. The standard InChI is InChI=1S/C13H13N3O4/c17-9-3-1-8(2-4-9)7-11(13(19)20)15-12(18)10-5-6-14-16-10/h1-6,11,17H,7H2,(H,14,16)(H,15,18)(H,19,20)/t11-/m1/s1. The first-order valence-electron chi connectivity index (χ1n) is 5.87. The third-order valence-corrected chi connectivity index (χ3v) is 2.72. The van der Waals surface area contributed by atoms with Gasteiger partial charge in [-0.25, -0.2) is 4.79 Å². The van der Waals surface area contributed by atoms with Crippen molar-refractivity contribution in [2.24, 2.45) is 0 Å². The summed E-state index contributed by atoms with van der Waals surface area (Å²) in [6, 6.07) is 6.53. The van der Waals surface area contributed by atoms with Crippen LogP contribution in [-0.2, 0) is 11.2 Å². The van der Waals surface area contributed by atoms with Crippen LogP contribution in [0.15, 0.2) is 36.5 Å². The zero-order chi connectivity index (χ0) is 14.5. The van der Waals surface area contributed by atoms with Crippen molar-refractivity contribution in [3.8, 4) is 5.75 Å². The second kappa shape index (κ2) is 5.87. The van der Waals surface area contributed by atoms with Crippen LogP contribution in [-0.4, -0.2) is 38.3 Å². The first-order chi connectivity index (χ1) is 9.56. The van der Waals surface area contributed by atoms with Crippen LogP contribution in [0.4, 0.5) is 0 Å². The van der Waals surface area contributed by atoms with E-state index in [0.717, 1.165) is 0 Å². The number of H-pyrrole nitrogens is 1. The van der Waals surface area contributed by atoms with Crippen molar-refractivity contribution in [2.45, 2.75) is 12.5 Å². The molecule has 2 rings (SSSR count). The molecule has 0 bridgehead atoms. The quantitative estimate of drug-likeness (QED) is 0.635. The maximum Gasteiger partial charge on any atom is 0.326 e. The minimum absolute atomic E-state index is 0.0992. The molecule has 1 aromatic carbocycles. The summed E-state index contributed by atoms with van der Waals surface area (Å²) in [5, 5.41) is 26.8. The van der Waals surface area contributed by atoms with Crippen LogP contribution in [0.1, 0.15) is 16.1 Å². The fourth-order valence-corrected chi connectivity index (χ4v) is 1.69. The number of aliphatic carboxylic acids is 1. The highest BCUT2D eigenvalue weighted by atomic mass is 16.4. The second-order valence-electron chi connectivity index (χ2n) is 4.21. The number of aromatic hydroxyl groups is 1. The van der Waals surface area contributed by atoms with Gasteiger partial charge in [0.1, 0.15) is 17.5 Å². The summed E-state index contributed by atoms with van der Waals surface area (Å²) in [5.74, 6) is -1.57. The zero-order valence-electron chi connectivity index (χ0n) is 10.4. The van der Waals surface area contributed by atoms with Crippen molar-refractivity contribution in [1.29, 1.82) is 0 Å². The predicted octanol–water partition coefficient (Wildman–Crippen LogP) is 0.541. The smallest absolute Gasteiger partial charge is 0.326 e. The molecule has 0 unspecified atom stereocenters. The van der Waals surface area contributed by atoms with Crippen molar-refractivity contribution in [2.75, 3.05) is 0 Å². The highest BCUT2D eigenvalue weighted by Gasteiger charge is 2.21. The molecule has 0 saturated carbocycles. The normalized spacial score (nSPS) is 11.8. The monoisotopic (exact) mass is 275 g/mol. The lowest BCUT2D eigenvalue weighted by atomic mass is 10.1. The molecular weight excluding hydrogens is 262 g/mol. The Bertz CT molecular complexity index is 593. The summed E-state index contributed by atoms with van der Waals surface area (Å²) in [6.07, 6.45) is 1.53. The van der Waals surface area contributed by atoms with Crippen LogP contribution in [0, 0.1) is 0 Å². The average Bonchev–Trinajstić information content (AvgIpc) is 2.94. The molecule has 0 aliphatic carbocycles. The van der Waals surface area contributed by atoms with Gasteiger partial charge >= 0.3 is 5.97 Å². The molecule has 0 spiro atoms. The maximum absolute atomic E-state index is 11.8. The van der Waals surface area contributed by atoms with Crippen LogP contribution < -0.4 is 5.32 Å². The number of benzene rings is 1. The molecule has 0 aliphatic heterocycles. The highest BCUT2D eigenvalue weighted by Crippen LogP contribution is 2.11. The van der Waals surface area contributed by atoms with Crippen molar-refractivity contribution in [3.05, 3.63) is 47.8 Å². The lowest BCUT2D eigenvalue weighted by molar-refractivity contribution is -0.139. The van der Waals surface area contributed by atoms with E-state index in [4.69, 9.17) is 5.11 Å². The number of aromatic nitrogens is 2. The fourth-order valence-electron chi connectivity index (χ4n) is 1.69. The van der Waals surface area contributed by atoms with Crippen molar-refractivity contribution in [1.82, 2.24) is 15.5 Å². The topological polar surface area (TPSA) is 115 Å². The van der Waals surface area contributed by atoms with Crippen LogP contribution >= 0.6 is 0 Å². The number of phenolic OH excluding ortho intramolecular Hbond substituents is 1. The van der Waals surface area contributed by atoms with Crippen LogP contribution in [0.3, 0.4) is 0 Å². The minimum atomic E-state index is -1.13.